The van der Waals surface area contributed by atoms with Crippen LogP contribution in [0.25, 0.3) is 0 Å². The molecule has 1 saturated heterocycles. The fourth-order valence-corrected chi connectivity index (χ4v) is 4.00. The Kier molecular flexibility index (Phi) is 5.55. The minimum Gasteiger partial charge on any atom is -0.445 e. The molecule has 3 rings (SSSR count). The lowest BCUT2D eigenvalue weighted by Gasteiger charge is -2.42. The molecule has 1 saturated carbocycles. The zero-order chi connectivity index (χ0) is 16.1. The van der Waals surface area contributed by atoms with E-state index in [-0.39, 0.29) is 6.09 Å². The average molecular weight is 316 g/mol. The first-order chi connectivity index (χ1) is 11.3. The van der Waals surface area contributed by atoms with Gasteiger partial charge in [0, 0.05) is 13.1 Å². The number of carbonyl (C=O) groups is 1. The fraction of sp³-hybridized carbons (Fsp3) is 0.632. The lowest BCUT2D eigenvalue weighted by Crippen LogP contribution is -2.53. The largest absolute Gasteiger partial charge is 0.445 e. The summed E-state index contributed by atoms with van der Waals surface area (Å²) in [5.74, 6) is 0. The van der Waals surface area contributed by atoms with Crippen molar-refractivity contribution in [3.05, 3.63) is 35.9 Å². The Morgan fingerprint density at radius 2 is 1.83 bits per heavy atom. The van der Waals surface area contributed by atoms with Gasteiger partial charge in [-0.05, 0) is 44.3 Å². The van der Waals surface area contributed by atoms with Crippen molar-refractivity contribution in [2.45, 2.75) is 57.2 Å². The van der Waals surface area contributed by atoms with Gasteiger partial charge in [0.2, 0.25) is 0 Å². The molecule has 0 aromatic heterocycles. The summed E-state index contributed by atoms with van der Waals surface area (Å²) in [4.78, 5) is 16.9. The van der Waals surface area contributed by atoms with Crippen LogP contribution in [-0.2, 0) is 11.3 Å². The monoisotopic (exact) mass is 316 g/mol. The minimum atomic E-state index is -0.190. The van der Waals surface area contributed by atoms with E-state index in [0.29, 0.717) is 18.7 Å². The first kappa shape index (κ1) is 16.3. The van der Waals surface area contributed by atoms with Gasteiger partial charge < -0.3 is 9.64 Å². The van der Waals surface area contributed by atoms with E-state index in [2.05, 4.69) is 4.90 Å². The van der Waals surface area contributed by atoms with Crippen LogP contribution < -0.4 is 0 Å². The molecule has 4 nitrogen and oxygen atoms in total. The van der Waals surface area contributed by atoms with Crippen LogP contribution in [0.4, 0.5) is 4.79 Å². The number of amides is 1. The van der Waals surface area contributed by atoms with Crippen LogP contribution in [0.2, 0.25) is 0 Å². The summed E-state index contributed by atoms with van der Waals surface area (Å²) in [6, 6.07) is 10.7. The predicted octanol–water partition coefficient (Wildman–Crippen LogP) is 3.66. The van der Waals surface area contributed by atoms with Crippen molar-refractivity contribution in [2.75, 3.05) is 20.1 Å². The molecule has 2 unspecified atom stereocenters. The van der Waals surface area contributed by atoms with Gasteiger partial charge in [0.15, 0.2) is 0 Å². The molecule has 2 aliphatic rings. The van der Waals surface area contributed by atoms with Gasteiger partial charge >= 0.3 is 6.09 Å². The zero-order valence-corrected chi connectivity index (χ0v) is 14.1. The molecule has 1 aliphatic carbocycles. The zero-order valence-electron chi connectivity index (χ0n) is 14.1. The first-order valence-electron chi connectivity index (χ1n) is 8.93. The van der Waals surface area contributed by atoms with Crippen molar-refractivity contribution in [3.8, 4) is 0 Å². The smallest absolute Gasteiger partial charge is 0.410 e. The van der Waals surface area contributed by atoms with Crippen molar-refractivity contribution in [1.82, 2.24) is 9.80 Å². The fourth-order valence-electron chi connectivity index (χ4n) is 4.00. The van der Waals surface area contributed by atoms with Crippen LogP contribution in [-0.4, -0.2) is 48.1 Å². The third-order valence-electron chi connectivity index (χ3n) is 5.29. The molecule has 23 heavy (non-hydrogen) atoms. The molecule has 4 heteroatoms. The van der Waals surface area contributed by atoms with Crippen molar-refractivity contribution >= 4 is 6.09 Å². The Labute approximate surface area is 139 Å². The summed E-state index contributed by atoms with van der Waals surface area (Å²) in [6.07, 6.45) is 7.20. The number of hydrogen-bond acceptors (Lipinski definition) is 3. The van der Waals surface area contributed by atoms with Gasteiger partial charge in [-0.15, -0.1) is 0 Å². The summed E-state index contributed by atoms with van der Waals surface area (Å²) in [7, 11) is 1.91. The van der Waals surface area contributed by atoms with Gasteiger partial charge in [-0.3, -0.25) is 4.90 Å². The summed E-state index contributed by atoms with van der Waals surface area (Å²) in [5, 5.41) is 0. The quantitative estimate of drug-likeness (QED) is 0.850. The predicted molar refractivity (Wildman–Crippen MR) is 91.2 cm³/mol. The van der Waals surface area contributed by atoms with E-state index in [9.17, 15) is 4.79 Å². The van der Waals surface area contributed by atoms with E-state index in [0.717, 1.165) is 12.0 Å². The Balaban J connectivity index is 1.58. The van der Waals surface area contributed by atoms with E-state index >= 15 is 0 Å². The maximum absolute atomic E-state index is 12.5. The van der Waals surface area contributed by atoms with Gasteiger partial charge in [0.05, 0.1) is 6.04 Å². The lowest BCUT2D eigenvalue weighted by atomic mass is 9.88. The number of rotatable bonds is 4. The number of benzene rings is 1. The molecule has 2 atom stereocenters. The maximum Gasteiger partial charge on any atom is 0.410 e. The van der Waals surface area contributed by atoms with Crippen LogP contribution in [0, 0.1) is 0 Å². The Morgan fingerprint density at radius 3 is 2.57 bits per heavy atom. The van der Waals surface area contributed by atoms with Gasteiger partial charge in [0.25, 0.3) is 0 Å². The SMILES string of the molecule is CN(C(=O)OCc1ccccc1)C1CCCCC1N1CCCC1. The van der Waals surface area contributed by atoms with E-state index in [1.807, 2.05) is 42.3 Å². The maximum atomic E-state index is 12.5. The molecule has 2 fully saturated rings. The van der Waals surface area contributed by atoms with Crippen molar-refractivity contribution in [3.63, 3.8) is 0 Å². The summed E-state index contributed by atoms with van der Waals surface area (Å²) < 4.78 is 5.52. The van der Waals surface area contributed by atoms with Crippen LogP contribution in [0.1, 0.15) is 44.1 Å². The second-order valence-corrected chi connectivity index (χ2v) is 6.81. The van der Waals surface area contributed by atoms with Crippen LogP contribution in [0.3, 0.4) is 0 Å². The number of ether oxygens (including phenoxy) is 1. The highest BCUT2D eigenvalue weighted by Gasteiger charge is 2.36. The van der Waals surface area contributed by atoms with Gasteiger partial charge in [-0.1, -0.05) is 43.2 Å². The molecule has 126 valence electrons. The molecule has 1 amide bonds. The summed E-state index contributed by atoms with van der Waals surface area (Å²) >= 11 is 0. The molecular weight excluding hydrogens is 288 g/mol. The molecule has 1 aromatic carbocycles. The third kappa shape index (κ3) is 4.05. The second-order valence-electron chi connectivity index (χ2n) is 6.81. The average Bonchev–Trinajstić information content (AvgIpc) is 3.14. The first-order valence-corrected chi connectivity index (χ1v) is 8.93. The number of carbonyl (C=O) groups excluding carboxylic acids is 1. The van der Waals surface area contributed by atoms with Crippen molar-refractivity contribution < 1.29 is 9.53 Å². The van der Waals surface area contributed by atoms with Crippen molar-refractivity contribution in [2.24, 2.45) is 0 Å². The Bertz CT molecular complexity index is 499. The Hall–Kier alpha value is -1.55. The van der Waals surface area contributed by atoms with E-state index < -0.39 is 0 Å². The van der Waals surface area contributed by atoms with E-state index in [1.165, 1.54) is 45.2 Å². The van der Waals surface area contributed by atoms with Crippen molar-refractivity contribution in [1.29, 1.82) is 0 Å². The Morgan fingerprint density at radius 1 is 1.13 bits per heavy atom. The topological polar surface area (TPSA) is 32.8 Å². The lowest BCUT2D eigenvalue weighted by molar-refractivity contribution is 0.0491. The highest BCUT2D eigenvalue weighted by Crippen LogP contribution is 2.29. The molecule has 1 aromatic rings. The summed E-state index contributed by atoms with van der Waals surface area (Å²) in [5.41, 5.74) is 1.04. The molecule has 1 aliphatic heterocycles. The molecule has 0 spiro atoms. The third-order valence-corrected chi connectivity index (χ3v) is 5.29. The highest BCUT2D eigenvalue weighted by atomic mass is 16.6. The van der Waals surface area contributed by atoms with E-state index in [1.54, 1.807) is 0 Å². The van der Waals surface area contributed by atoms with Gasteiger partial charge in [0.1, 0.15) is 6.61 Å². The number of likely N-dealkylation sites (tertiary alicyclic amines) is 1. The summed E-state index contributed by atoms with van der Waals surface area (Å²) in [6.45, 7) is 2.73. The molecular formula is C19H28N2O2. The number of nitrogens with zero attached hydrogens (tertiary/aromatic N) is 2. The van der Waals surface area contributed by atoms with Crippen LogP contribution in [0.5, 0.6) is 0 Å². The molecule has 0 N–H and O–H groups in total. The number of likely N-dealkylation sites (N-methyl/N-ethyl adjacent to an activating group) is 1. The molecule has 0 bridgehead atoms. The number of hydrogen-bond donors (Lipinski definition) is 0. The molecule has 0 radical (unpaired) electrons. The standard InChI is InChI=1S/C19H28N2O2/c1-20(19(22)23-15-16-9-3-2-4-10-16)17-11-5-6-12-18(17)21-13-7-8-14-21/h2-4,9-10,17-18H,5-8,11-15H2,1H3. The normalized spacial score (nSPS) is 25.3. The van der Waals surface area contributed by atoms with Gasteiger partial charge in [-0.25, -0.2) is 4.79 Å². The van der Waals surface area contributed by atoms with Gasteiger partial charge in [-0.2, -0.15) is 0 Å². The molecule has 1 heterocycles. The van der Waals surface area contributed by atoms with Crippen LogP contribution >= 0.6 is 0 Å². The minimum absolute atomic E-state index is 0.190. The van der Waals surface area contributed by atoms with Crippen LogP contribution in [0.15, 0.2) is 30.3 Å². The highest BCUT2D eigenvalue weighted by molar-refractivity contribution is 5.67. The van der Waals surface area contributed by atoms with E-state index in [4.69, 9.17) is 4.74 Å². The second kappa shape index (κ2) is 7.82.